The number of benzene rings is 2. The molecule has 1 aliphatic heterocycles. The molecule has 1 aliphatic rings. The number of hydrogen-bond acceptors (Lipinski definition) is 4. The van der Waals surface area contributed by atoms with Crippen LogP contribution < -0.4 is 4.90 Å². The highest BCUT2D eigenvalue weighted by molar-refractivity contribution is 6.42. The second-order valence-corrected chi connectivity index (χ2v) is 7.46. The minimum absolute atomic E-state index is 0.0180. The van der Waals surface area contributed by atoms with E-state index in [9.17, 15) is 15.1 Å². The molecule has 0 saturated carbocycles. The minimum atomic E-state index is -0.437. The Morgan fingerprint density at radius 2 is 1.89 bits per heavy atom. The lowest BCUT2D eigenvalue weighted by molar-refractivity contribution is -0.164. The van der Waals surface area contributed by atoms with Gasteiger partial charge in [0, 0.05) is 18.8 Å². The molecule has 0 aliphatic carbocycles. The van der Waals surface area contributed by atoms with Crippen LogP contribution in [0.5, 0.6) is 0 Å². The van der Waals surface area contributed by atoms with Crippen LogP contribution in [0.15, 0.2) is 42.5 Å². The van der Waals surface area contributed by atoms with E-state index in [1.54, 1.807) is 18.2 Å². The Hall–Kier alpha value is -1.79. The average Bonchev–Trinajstić information content (AvgIpc) is 3.10. The smallest absolute Gasteiger partial charge is 0.250 e. The van der Waals surface area contributed by atoms with Gasteiger partial charge in [-0.05, 0) is 36.1 Å². The molecule has 27 heavy (non-hydrogen) atoms. The summed E-state index contributed by atoms with van der Waals surface area (Å²) >= 11 is 12.1. The van der Waals surface area contributed by atoms with Gasteiger partial charge >= 0.3 is 0 Å². The van der Waals surface area contributed by atoms with E-state index in [2.05, 4.69) is 4.90 Å². The van der Waals surface area contributed by atoms with Crippen LogP contribution in [-0.2, 0) is 17.6 Å². The first-order valence-electron chi connectivity index (χ1n) is 8.88. The van der Waals surface area contributed by atoms with E-state index in [0.29, 0.717) is 28.6 Å². The lowest BCUT2D eigenvalue weighted by Crippen LogP contribution is -2.31. The number of aliphatic hydroxyl groups excluding tert-OH is 1. The van der Waals surface area contributed by atoms with Crippen molar-refractivity contribution >= 4 is 34.8 Å². The second kappa shape index (κ2) is 8.93. The van der Waals surface area contributed by atoms with Crippen molar-refractivity contribution in [3.8, 4) is 0 Å². The van der Waals surface area contributed by atoms with Gasteiger partial charge in [-0.1, -0.05) is 53.5 Å². The lowest BCUT2D eigenvalue weighted by atomic mass is 10.1. The van der Waals surface area contributed by atoms with Crippen LogP contribution in [0.3, 0.4) is 0 Å². The van der Waals surface area contributed by atoms with Crippen molar-refractivity contribution in [2.45, 2.75) is 25.4 Å². The Morgan fingerprint density at radius 1 is 1.15 bits per heavy atom. The van der Waals surface area contributed by atoms with E-state index in [0.717, 1.165) is 29.3 Å². The van der Waals surface area contributed by atoms with Crippen molar-refractivity contribution < 1.29 is 15.1 Å². The van der Waals surface area contributed by atoms with E-state index in [1.807, 2.05) is 24.3 Å². The molecule has 0 unspecified atom stereocenters. The third-order valence-corrected chi connectivity index (χ3v) is 5.61. The van der Waals surface area contributed by atoms with Crippen LogP contribution in [0.25, 0.3) is 0 Å². The molecular weight excluding hydrogens is 387 g/mol. The van der Waals surface area contributed by atoms with Crippen molar-refractivity contribution in [3.63, 3.8) is 0 Å². The average molecular weight is 409 g/mol. The highest BCUT2D eigenvalue weighted by Crippen LogP contribution is 2.27. The quantitative estimate of drug-likeness (QED) is 0.566. The van der Waals surface area contributed by atoms with E-state index in [-0.39, 0.29) is 19.1 Å². The largest absolute Gasteiger partial charge is 0.391 e. The predicted octanol–water partition coefficient (Wildman–Crippen LogP) is 3.57. The molecule has 1 amide bonds. The number of carbonyl (C=O) groups is 1. The number of rotatable bonds is 6. The van der Waals surface area contributed by atoms with Gasteiger partial charge < -0.3 is 10.0 Å². The summed E-state index contributed by atoms with van der Waals surface area (Å²) in [6.45, 7) is 1.57. The number of nitrogens with zero attached hydrogens (tertiary/aromatic N) is 2. The molecule has 0 spiro atoms. The van der Waals surface area contributed by atoms with Gasteiger partial charge in [-0.2, -0.15) is 0 Å². The zero-order valence-electron chi connectivity index (χ0n) is 14.8. The maximum absolute atomic E-state index is 12.3. The Labute approximate surface area is 168 Å². The Bertz CT molecular complexity index is 816. The first kappa shape index (κ1) is 20.0. The zero-order chi connectivity index (χ0) is 19.4. The van der Waals surface area contributed by atoms with Gasteiger partial charge in [0.2, 0.25) is 5.91 Å². The number of anilines is 1. The topological polar surface area (TPSA) is 64.0 Å². The summed E-state index contributed by atoms with van der Waals surface area (Å²) in [4.78, 5) is 14.4. The highest BCUT2D eigenvalue weighted by atomic mass is 35.5. The van der Waals surface area contributed by atoms with Crippen molar-refractivity contribution in [2.75, 3.05) is 24.5 Å². The number of carbonyl (C=O) groups excluding carboxylic acids is 1. The molecule has 1 fully saturated rings. The van der Waals surface area contributed by atoms with Gasteiger partial charge in [-0.25, -0.2) is 5.06 Å². The lowest BCUT2D eigenvalue weighted by Gasteiger charge is -2.22. The van der Waals surface area contributed by atoms with Crippen LogP contribution in [0.4, 0.5) is 5.69 Å². The summed E-state index contributed by atoms with van der Waals surface area (Å²) in [6.07, 6.45) is 0.931. The third kappa shape index (κ3) is 4.93. The highest BCUT2D eigenvalue weighted by Gasteiger charge is 2.22. The summed E-state index contributed by atoms with van der Waals surface area (Å²) < 4.78 is 0. The summed E-state index contributed by atoms with van der Waals surface area (Å²) in [5, 5.41) is 21.4. The monoisotopic (exact) mass is 408 g/mol. The van der Waals surface area contributed by atoms with Crippen LogP contribution >= 0.6 is 23.2 Å². The van der Waals surface area contributed by atoms with E-state index < -0.39 is 5.91 Å². The maximum Gasteiger partial charge on any atom is 0.250 e. The predicted molar refractivity (Wildman–Crippen MR) is 107 cm³/mol. The molecule has 2 N–H and O–H groups in total. The summed E-state index contributed by atoms with van der Waals surface area (Å²) in [7, 11) is 0. The number of β-amino-alcohol motifs (C(OH)–C–C–N with tert-alkyl or cyclic N) is 1. The fourth-order valence-corrected chi connectivity index (χ4v) is 3.67. The molecule has 7 heteroatoms. The number of hydroxylamine groups is 2. The Kier molecular flexibility index (Phi) is 6.60. The second-order valence-electron chi connectivity index (χ2n) is 6.67. The Balaban J connectivity index is 1.61. The molecule has 144 valence electrons. The van der Waals surface area contributed by atoms with Crippen molar-refractivity contribution in [1.29, 1.82) is 0 Å². The molecule has 1 heterocycles. The van der Waals surface area contributed by atoms with Crippen molar-refractivity contribution in [1.82, 2.24) is 5.06 Å². The van der Waals surface area contributed by atoms with Crippen LogP contribution in [0.1, 0.15) is 17.5 Å². The fourth-order valence-electron chi connectivity index (χ4n) is 3.28. The summed E-state index contributed by atoms with van der Waals surface area (Å²) in [5.41, 5.74) is 2.65. The molecule has 2 aromatic rings. The molecule has 0 aromatic heterocycles. The molecule has 1 saturated heterocycles. The molecule has 3 rings (SSSR count). The molecule has 0 radical (unpaired) electrons. The van der Waals surface area contributed by atoms with Gasteiger partial charge in [0.05, 0.1) is 29.1 Å². The van der Waals surface area contributed by atoms with Gasteiger partial charge in [0.25, 0.3) is 0 Å². The molecule has 0 bridgehead atoms. The van der Waals surface area contributed by atoms with Gasteiger partial charge in [0.1, 0.15) is 0 Å². The van der Waals surface area contributed by atoms with Gasteiger partial charge in [-0.15, -0.1) is 0 Å². The van der Waals surface area contributed by atoms with Crippen molar-refractivity contribution in [2.24, 2.45) is 0 Å². The minimum Gasteiger partial charge on any atom is -0.391 e. The zero-order valence-corrected chi connectivity index (χ0v) is 16.3. The molecule has 5 nitrogen and oxygen atoms in total. The SMILES string of the molecule is O=C(Cc1cccc(Cl)c1Cl)N(O)CCc1ccccc1N1CC[C@H](O)C1. The van der Waals surface area contributed by atoms with E-state index >= 15 is 0 Å². The van der Waals surface area contributed by atoms with Gasteiger partial charge in [-0.3, -0.25) is 10.0 Å². The standard InChI is InChI=1S/C20H22Cl2N2O3/c21-17-6-3-5-15(20(17)22)12-19(26)24(27)11-8-14-4-1-2-7-18(14)23-10-9-16(25)13-23/h1-7,16,25,27H,8-13H2/t16-/m0/s1. The molecule has 1 atom stereocenters. The Morgan fingerprint density at radius 3 is 2.63 bits per heavy atom. The first-order valence-corrected chi connectivity index (χ1v) is 9.64. The van der Waals surface area contributed by atoms with Crippen LogP contribution in [0.2, 0.25) is 10.0 Å². The summed E-state index contributed by atoms with van der Waals surface area (Å²) in [5.74, 6) is -0.437. The van der Waals surface area contributed by atoms with Crippen LogP contribution in [-0.4, -0.2) is 47.0 Å². The number of hydrogen-bond donors (Lipinski definition) is 2. The number of halogens is 2. The first-order chi connectivity index (χ1) is 13.0. The van der Waals surface area contributed by atoms with Gasteiger partial charge in [0.15, 0.2) is 0 Å². The van der Waals surface area contributed by atoms with E-state index in [4.69, 9.17) is 23.2 Å². The third-order valence-electron chi connectivity index (χ3n) is 4.75. The van der Waals surface area contributed by atoms with E-state index in [1.165, 1.54) is 0 Å². The number of aliphatic hydroxyl groups is 1. The van der Waals surface area contributed by atoms with Crippen molar-refractivity contribution in [3.05, 3.63) is 63.6 Å². The maximum atomic E-state index is 12.3. The summed E-state index contributed by atoms with van der Waals surface area (Å²) in [6, 6.07) is 13.0. The fraction of sp³-hybridized carbons (Fsp3) is 0.350. The molecule has 2 aromatic carbocycles. The molecular formula is C20H22Cl2N2O3. The normalized spacial score (nSPS) is 16.6. The number of para-hydroxylation sites is 1. The van der Waals surface area contributed by atoms with Crippen LogP contribution in [0, 0.1) is 0 Å². The number of amides is 1.